The molecule has 1 saturated carbocycles. The van der Waals surface area contributed by atoms with E-state index in [1.807, 2.05) is 12.1 Å². The molecule has 0 spiro atoms. The van der Waals surface area contributed by atoms with Gasteiger partial charge in [0.25, 0.3) is 5.91 Å². The summed E-state index contributed by atoms with van der Waals surface area (Å²) in [6, 6.07) is 7.26. The van der Waals surface area contributed by atoms with Crippen molar-refractivity contribution in [1.29, 1.82) is 0 Å². The Morgan fingerprint density at radius 1 is 1.32 bits per heavy atom. The first-order valence-corrected chi connectivity index (χ1v) is 8.70. The third-order valence-electron chi connectivity index (χ3n) is 4.83. The minimum Gasteiger partial charge on any atom is -0.493 e. The fourth-order valence-electron chi connectivity index (χ4n) is 3.15. The molecule has 7 nitrogen and oxygen atoms in total. The number of ether oxygens (including phenoxy) is 1. The number of nitrogens with zero attached hydrogens (tertiary/aromatic N) is 4. The fourth-order valence-corrected chi connectivity index (χ4v) is 3.15. The smallest absolute Gasteiger partial charge is 0.253 e. The van der Waals surface area contributed by atoms with Crippen LogP contribution in [0.1, 0.15) is 29.6 Å². The quantitative estimate of drug-likeness (QED) is 0.857. The predicted molar refractivity (Wildman–Crippen MR) is 90.2 cm³/mol. The number of hydrogen-bond donors (Lipinski definition) is 1. The van der Waals surface area contributed by atoms with Crippen molar-refractivity contribution in [1.82, 2.24) is 19.9 Å². The van der Waals surface area contributed by atoms with E-state index in [1.165, 1.54) is 12.8 Å². The lowest BCUT2D eigenvalue weighted by Gasteiger charge is -2.23. The van der Waals surface area contributed by atoms with Gasteiger partial charge in [-0.2, -0.15) is 0 Å². The molecule has 1 aliphatic carbocycles. The molecule has 2 heterocycles. The van der Waals surface area contributed by atoms with Gasteiger partial charge in [0.2, 0.25) is 0 Å². The fraction of sp³-hybridized carbons (Fsp3) is 0.500. The van der Waals surface area contributed by atoms with Gasteiger partial charge in [-0.1, -0.05) is 5.21 Å². The summed E-state index contributed by atoms with van der Waals surface area (Å²) in [6.45, 7) is 1.93. The Bertz CT molecular complexity index is 727. The van der Waals surface area contributed by atoms with Gasteiger partial charge >= 0.3 is 0 Å². The van der Waals surface area contributed by atoms with Gasteiger partial charge in [-0.3, -0.25) is 4.79 Å². The molecule has 4 rings (SSSR count). The second-order valence-electron chi connectivity index (χ2n) is 7.08. The Hall–Kier alpha value is -2.41. The second-order valence-corrected chi connectivity index (χ2v) is 7.08. The van der Waals surface area contributed by atoms with Crippen molar-refractivity contribution in [2.45, 2.75) is 31.4 Å². The summed E-state index contributed by atoms with van der Waals surface area (Å²) in [5.41, 5.74) is -0.347. The highest BCUT2D eigenvalue weighted by Crippen LogP contribution is 2.30. The average Bonchev–Trinajstić information content (AvgIpc) is 3.17. The van der Waals surface area contributed by atoms with Crippen LogP contribution in [-0.4, -0.2) is 56.2 Å². The van der Waals surface area contributed by atoms with Crippen molar-refractivity contribution in [3.8, 4) is 5.75 Å². The molecule has 1 aromatic carbocycles. The summed E-state index contributed by atoms with van der Waals surface area (Å²) in [6.07, 6.45) is 6.32. The first kappa shape index (κ1) is 16.1. The maximum absolute atomic E-state index is 12.7. The Labute approximate surface area is 146 Å². The molecule has 2 aromatic rings. The molecule has 1 unspecified atom stereocenters. The van der Waals surface area contributed by atoms with E-state index < -0.39 is 5.60 Å². The van der Waals surface area contributed by atoms with Crippen LogP contribution in [0, 0.1) is 5.92 Å². The Morgan fingerprint density at radius 3 is 2.80 bits per heavy atom. The van der Waals surface area contributed by atoms with Crippen LogP contribution in [0.4, 0.5) is 0 Å². The minimum atomic E-state index is -0.962. The number of rotatable bonds is 6. The Morgan fingerprint density at radius 2 is 2.12 bits per heavy atom. The van der Waals surface area contributed by atoms with Crippen LogP contribution >= 0.6 is 0 Å². The molecule has 2 aliphatic rings. The van der Waals surface area contributed by atoms with Crippen LogP contribution in [-0.2, 0) is 6.54 Å². The number of β-amino-alcohol motifs (C(OH)–C–C–N with tert-alkyl or cyclic N) is 1. The van der Waals surface area contributed by atoms with Gasteiger partial charge in [0, 0.05) is 18.3 Å². The van der Waals surface area contributed by atoms with E-state index in [4.69, 9.17) is 4.74 Å². The number of hydrogen-bond acceptors (Lipinski definition) is 5. The summed E-state index contributed by atoms with van der Waals surface area (Å²) in [4.78, 5) is 14.4. The third-order valence-corrected chi connectivity index (χ3v) is 4.83. The van der Waals surface area contributed by atoms with Crippen LogP contribution in [0.15, 0.2) is 36.7 Å². The van der Waals surface area contributed by atoms with Gasteiger partial charge in [0.1, 0.15) is 11.4 Å². The molecule has 7 heteroatoms. The lowest BCUT2D eigenvalue weighted by Crippen LogP contribution is -2.39. The maximum atomic E-state index is 12.7. The predicted octanol–water partition coefficient (Wildman–Crippen LogP) is 1.34. The number of carbonyl (C=O) groups excluding carboxylic acids is 1. The molecular weight excluding hydrogens is 320 g/mol. The normalized spacial score (nSPS) is 23.0. The lowest BCUT2D eigenvalue weighted by atomic mass is 10.0. The zero-order chi connectivity index (χ0) is 17.3. The summed E-state index contributed by atoms with van der Waals surface area (Å²) < 4.78 is 7.30. The van der Waals surface area contributed by atoms with Crippen LogP contribution in [0.3, 0.4) is 0 Å². The van der Waals surface area contributed by atoms with Gasteiger partial charge in [-0.15, -0.1) is 5.10 Å². The van der Waals surface area contributed by atoms with Crippen LogP contribution < -0.4 is 4.74 Å². The molecule has 2 fully saturated rings. The second kappa shape index (κ2) is 6.48. The molecule has 1 amide bonds. The summed E-state index contributed by atoms with van der Waals surface area (Å²) in [7, 11) is 0. The third kappa shape index (κ3) is 3.82. The van der Waals surface area contributed by atoms with Gasteiger partial charge in [-0.05, 0) is 49.4 Å². The van der Waals surface area contributed by atoms with Crippen molar-refractivity contribution >= 4 is 5.91 Å². The highest BCUT2D eigenvalue weighted by Gasteiger charge is 2.39. The number of amides is 1. The van der Waals surface area contributed by atoms with E-state index >= 15 is 0 Å². The highest BCUT2D eigenvalue weighted by molar-refractivity contribution is 5.94. The van der Waals surface area contributed by atoms with Crippen LogP contribution in [0.5, 0.6) is 5.75 Å². The Kier molecular flexibility index (Phi) is 4.17. The van der Waals surface area contributed by atoms with Crippen molar-refractivity contribution in [2.24, 2.45) is 5.92 Å². The van der Waals surface area contributed by atoms with E-state index in [0.717, 1.165) is 12.4 Å². The van der Waals surface area contributed by atoms with Gasteiger partial charge in [0.15, 0.2) is 0 Å². The minimum absolute atomic E-state index is 0.0664. The number of carbonyl (C=O) groups is 1. The molecule has 25 heavy (non-hydrogen) atoms. The number of likely N-dealkylation sites (tertiary alicyclic amines) is 1. The lowest BCUT2D eigenvalue weighted by molar-refractivity contribution is 0.0267. The largest absolute Gasteiger partial charge is 0.493 e. The molecule has 1 aliphatic heterocycles. The standard InChI is InChI=1S/C18H22N4O3/c23-17(15-3-5-16(6-4-15)25-11-14-1-2-14)21-9-7-18(24,12-21)13-22-10-8-19-20-22/h3-6,8,10,14,24H,1-2,7,9,11-13H2. The van der Waals surface area contributed by atoms with E-state index in [2.05, 4.69) is 10.3 Å². The van der Waals surface area contributed by atoms with Crippen molar-refractivity contribution in [3.05, 3.63) is 42.2 Å². The maximum Gasteiger partial charge on any atom is 0.253 e. The molecule has 132 valence electrons. The monoisotopic (exact) mass is 342 g/mol. The molecule has 1 saturated heterocycles. The first-order chi connectivity index (χ1) is 12.1. The zero-order valence-corrected chi connectivity index (χ0v) is 14.0. The molecule has 0 bridgehead atoms. The van der Waals surface area contributed by atoms with E-state index in [1.54, 1.807) is 34.1 Å². The van der Waals surface area contributed by atoms with Crippen molar-refractivity contribution in [3.63, 3.8) is 0 Å². The summed E-state index contributed by atoms with van der Waals surface area (Å²) in [5.74, 6) is 1.43. The van der Waals surface area contributed by atoms with Crippen molar-refractivity contribution < 1.29 is 14.6 Å². The van der Waals surface area contributed by atoms with E-state index in [-0.39, 0.29) is 5.91 Å². The number of benzene rings is 1. The molecule has 0 radical (unpaired) electrons. The average molecular weight is 342 g/mol. The van der Waals surface area contributed by atoms with Crippen LogP contribution in [0.25, 0.3) is 0 Å². The summed E-state index contributed by atoms with van der Waals surface area (Å²) >= 11 is 0. The zero-order valence-electron chi connectivity index (χ0n) is 14.0. The van der Waals surface area contributed by atoms with Crippen molar-refractivity contribution in [2.75, 3.05) is 19.7 Å². The first-order valence-electron chi connectivity index (χ1n) is 8.70. The molecule has 1 N–H and O–H groups in total. The Balaban J connectivity index is 1.35. The van der Waals surface area contributed by atoms with Crippen LogP contribution in [0.2, 0.25) is 0 Å². The number of aromatic nitrogens is 3. The molecule has 1 atom stereocenters. The topological polar surface area (TPSA) is 80.5 Å². The van der Waals surface area contributed by atoms with Gasteiger partial charge < -0.3 is 14.7 Å². The van der Waals surface area contributed by atoms with E-state index in [0.29, 0.717) is 37.5 Å². The van der Waals surface area contributed by atoms with E-state index in [9.17, 15) is 9.90 Å². The molecular formula is C18H22N4O3. The molecule has 1 aromatic heterocycles. The van der Waals surface area contributed by atoms with Gasteiger partial charge in [-0.25, -0.2) is 4.68 Å². The van der Waals surface area contributed by atoms with Gasteiger partial charge in [0.05, 0.1) is 25.9 Å². The summed E-state index contributed by atoms with van der Waals surface area (Å²) in [5, 5.41) is 18.3. The SMILES string of the molecule is O=C(c1ccc(OCC2CC2)cc1)N1CCC(O)(Cn2ccnn2)C1. The number of aliphatic hydroxyl groups is 1. The highest BCUT2D eigenvalue weighted by atomic mass is 16.5.